The molecule has 0 amide bonds. The first kappa shape index (κ1) is 14.8. The highest BCUT2D eigenvalue weighted by molar-refractivity contribution is 5.62. The molecule has 92 valence electrons. The molecule has 0 aliphatic rings. The van der Waals surface area contributed by atoms with Gasteiger partial charge in [-0.1, -0.05) is 26.7 Å². The van der Waals surface area contributed by atoms with Crippen molar-refractivity contribution in [3.8, 4) is 0 Å². The number of aryl methyl sites for hydroxylation is 2. The van der Waals surface area contributed by atoms with E-state index in [0.29, 0.717) is 0 Å². The molecule has 3 heteroatoms. The van der Waals surface area contributed by atoms with Gasteiger partial charge in [0.25, 0.3) is 5.97 Å². The van der Waals surface area contributed by atoms with Crippen molar-refractivity contribution in [2.24, 2.45) is 0 Å². The van der Waals surface area contributed by atoms with E-state index in [1.54, 1.807) is 0 Å². The lowest BCUT2D eigenvalue weighted by Crippen LogP contribution is -2.00. The smallest absolute Gasteiger partial charge is 0.300 e. The van der Waals surface area contributed by atoms with Crippen molar-refractivity contribution < 1.29 is 9.90 Å². The molecule has 1 rings (SSSR count). The van der Waals surface area contributed by atoms with Gasteiger partial charge in [-0.15, -0.1) is 0 Å². The lowest BCUT2D eigenvalue weighted by atomic mass is 10.2. The van der Waals surface area contributed by atoms with Crippen LogP contribution in [0.2, 0.25) is 0 Å². The maximum absolute atomic E-state index is 9.00. The Bertz CT molecular complexity index is 288. The average molecular weight is 225 g/mol. The summed E-state index contributed by atoms with van der Waals surface area (Å²) in [6.07, 6.45) is 7.32. The van der Waals surface area contributed by atoms with Gasteiger partial charge < -0.3 is 9.67 Å². The van der Waals surface area contributed by atoms with Crippen LogP contribution in [-0.2, 0) is 17.8 Å². The number of hydrogen-bond donors (Lipinski definition) is 1. The fourth-order valence-electron chi connectivity index (χ4n) is 1.52. The highest BCUT2D eigenvalue weighted by atomic mass is 16.4. The highest BCUT2D eigenvalue weighted by Gasteiger charge is 1.96. The molecule has 0 radical (unpaired) electrons. The Kier molecular flexibility index (Phi) is 8.31. The molecule has 0 saturated heterocycles. The molecule has 0 spiro atoms. The van der Waals surface area contributed by atoms with Gasteiger partial charge >= 0.3 is 0 Å². The summed E-state index contributed by atoms with van der Waals surface area (Å²) in [5.74, 6) is -0.833. The molecule has 3 nitrogen and oxygen atoms in total. The SMILES string of the molecule is CC(=O)O.CCCCCn1cccc1CC. The van der Waals surface area contributed by atoms with Crippen LogP contribution in [0.1, 0.15) is 45.7 Å². The lowest BCUT2D eigenvalue weighted by Gasteiger charge is -2.06. The molecule has 0 aliphatic carbocycles. The molecule has 0 saturated carbocycles. The first-order valence-corrected chi connectivity index (χ1v) is 5.95. The van der Waals surface area contributed by atoms with Crippen LogP contribution in [-0.4, -0.2) is 15.6 Å². The Hall–Kier alpha value is -1.25. The van der Waals surface area contributed by atoms with Crippen molar-refractivity contribution in [2.45, 2.75) is 53.0 Å². The number of aliphatic carboxylic acids is 1. The van der Waals surface area contributed by atoms with Crippen LogP contribution in [0.25, 0.3) is 0 Å². The zero-order valence-electron chi connectivity index (χ0n) is 10.6. The van der Waals surface area contributed by atoms with Gasteiger partial charge in [-0.05, 0) is 25.0 Å². The fraction of sp³-hybridized carbons (Fsp3) is 0.615. The Morgan fingerprint density at radius 2 is 2.00 bits per heavy atom. The summed E-state index contributed by atoms with van der Waals surface area (Å²) in [5, 5.41) is 7.42. The summed E-state index contributed by atoms with van der Waals surface area (Å²) >= 11 is 0. The number of hydrogen-bond acceptors (Lipinski definition) is 1. The minimum absolute atomic E-state index is 0.833. The van der Waals surface area contributed by atoms with E-state index in [9.17, 15) is 0 Å². The largest absolute Gasteiger partial charge is 0.481 e. The van der Waals surface area contributed by atoms with Gasteiger partial charge in [0.05, 0.1) is 0 Å². The van der Waals surface area contributed by atoms with Crippen molar-refractivity contribution in [2.75, 3.05) is 0 Å². The van der Waals surface area contributed by atoms with Crippen molar-refractivity contribution in [3.05, 3.63) is 24.0 Å². The van der Waals surface area contributed by atoms with Gasteiger partial charge in [0.15, 0.2) is 0 Å². The number of carboxylic acid groups (broad SMARTS) is 1. The maximum atomic E-state index is 9.00. The molecular weight excluding hydrogens is 202 g/mol. The van der Waals surface area contributed by atoms with E-state index in [4.69, 9.17) is 9.90 Å². The molecule has 0 aliphatic heterocycles. The van der Waals surface area contributed by atoms with Crippen LogP contribution < -0.4 is 0 Å². The summed E-state index contributed by atoms with van der Waals surface area (Å²) in [5.41, 5.74) is 1.46. The predicted molar refractivity (Wildman–Crippen MR) is 66.6 cm³/mol. The van der Waals surface area contributed by atoms with E-state index in [0.717, 1.165) is 13.3 Å². The molecule has 16 heavy (non-hydrogen) atoms. The number of carboxylic acids is 1. The first-order chi connectivity index (χ1) is 7.61. The van der Waals surface area contributed by atoms with Gasteiger partial charge in [-0.2, -0.15) is 0 Å². The second-order valence-electron chi connectivity index (χ2n) is 3.77. The summed E-state index contributed by atoms with van der Waals surface area (Å²) in [6, 6.07) is 4.36. The van der Waals surface area contributed by atoms with Crippen LogP contribution in [0.15, 0.2) is 18.3 Å². The Labute approximate surface area is 98.1 Å². The number of unbranched alkanes of at least 4 members (excludes halogenated alkanes) is 2. The minimum atomic E-state index is -0.833. The molecule has 1 aromatic heterocycles. The van der Waals surface area contributed by atoms with Crippen molar-refractivity contribution in [1.29, 1.82) is 0 Å². The van der Waals surface area contributed by atoms with Gasteiger partial charge in [-0.3, -0.25) is 4.79 Å². The van der Waals surface area contributed by atoms with Crippen LogP contribution in [0.4, 0.5) is 0 Å². The highest BCUT2D eigenvalue weighted by Crippen LogP contribution is 2.05. The van der Waals surface area contributed by atoms with Crippen LogP contribution in [0.3, 0.4) is 0 Å². The molecular formula is C13H23NO2. The van der Waals surface area contributed by atoms with Gasteiger partial charge in [-0.25, -0.2) is 0 Å². The van der Waals surface area contributed by atoms with Gasteiger partial charge in [0.1, 0.15) is 0 Å². The molecule has 1 heterocycles. The van der Waals surface area contributed by atoms with E-state index in [1.807, 2.05) is 0 Å². The second kappa shape index (κ2) is 9.01. The zero-order chi connectivity index (χ0) is 12.4. The Balaban J connectivity index is 0.000000487. The standard InChI is InChI=1S/C11H19N.C2H4O2/c1-3-5-6-9-12-10-7-8-11(12)4-2;1-2(3)4/h7-8,10H,3-6,9H2,1-2H3;1H3,(H,3,4). The Morgan fingerprint density at radius 3 is 2.50 bits per heavy atom. The van der Waals surface area contributed by atoms with E-state index in [2.05, 4.69) is 36.7 Å². The van der Waals surface area contributed by atoms with E-state index in [1.165, 1.54) is 31.5 Å². The van der Waals surface area contributed by atoms with Gasteiger partial charge in [0, 0.05) is 25.4 Å². The minimum Gasteiger partial charge on any atom is -0.481 e. The monoisotopic (exact) mass is 225 g/mol. The van der Waals surface area contributed by atoms with Crippen molar-refractivity contribution in [1.82, 2.24) is 4.57 Å². The molecule has 0 bridgehead atoms. The maximum Gasteiger partial charge on any atom is 0.300 e. The summed E-state index contributed by atoms with van der Waals surface area (Å²) in [7, 11) is 0. The molecule has 0 atom stereocenters. The number of carbonyl (C=O) groups is 1. The predicted octanol–water partition coefficient (Wildman–Crippen LogP) is 3.33. The second-order valence-corrected chi connectivity index (χ2v) is 3.77. The van der Waals surface area contributed by atoms with E-state index >= 15 is 0 Å². The van der Waals surface area contributed by atoms with Crippen LogP contribution in [0, 0.1) is 0 Å². The van der Waals surface area contributed by atoms with Crippen molar-refractivity contribution >= 4 is 5.97 Å². The van der Waals surface area contributed by atoms with E-state index in [-0.39, 0.29) is 0 Å². The lowest BCUT2D eigenvalue weighted by molar-refractivity contribution is -0.134. The Morgan fingerprint density at radius 1 is 1.38 bits per heavy atom. The van der Waals surface area contributed by atoms with E-state index < -0.39 is 5.97 Å². The molecule has 0 aromatic carbocycles. The summed E-state index contributed by atoms with van der Waals surface area (Å²) in [6.45, 7) is 6.74. The third kappa shape index (κ3) is 7.10. The summed E-state index contributed by atoms with van der Waals surface area (Å²) < 4.78 is 2.37. The first-order valence-electron chi connectivity index (χ1n) is 5.95. The van der Waals surface area contributed by atoms with Gasteiger partial charge in [0.2, 0.25) is 0 Å². The summed E-state index contributed by atoms with van der Waals surface area (Å²) in [4.78, 5) is 9.00. The topological polar surface area (TPSA) is 42.2 Å². The molecule has 1 N–H and O–H groups in total. The molecule has 0 fully saturated rings. The zero-order valence-corrected chi connectivity index (χ0v) is 10.6. The quantitative estimate of drug-likeness (QED) is 0.781. The third-order valence-corrected chi connectivity index (χ3v) is 2.29. The number of rotatable bonds is 5. The number of nitrogens with zero attached hydrogens (tertiary/aromatic N) is 1. The van der Waals surface area contributed by atoms with Crippen LogP contribution >= 0.6 is 0 Å². The number of aromatic nitrogens is 1. The van der Waals surface area contributed by atoms with Crippen LogP contribution in [0.5, 0.6) is 0 Å². The normalized spacial score (nSPS) is 9.44. The average Bonchev–Trinajstić information content (AvgIpc) is 2.65. The molecule has 1 aromatic rings. The third-order valence-electron chi connectivity index (χ3n) is 2.29. The fourth-order valence-corrected chi connectivity index (χ4v) is 1.52. The molecule has 0 unspecified atom stereocenters. The van der Waals surface area contributed by atoms with Crippen molar-refractivity contribution in [3.63, 3.8) is 0 Å².